The number of rotatable bonds is 9. The van der Waals surface area contributed by atoms with Crippen molar-refractivity contribution in [2.45, 2.75) is 52.6 Å². The van der Waals surface area contributed by atoms with E-state index in [0.29, 0.717) is 35.0 Å². The normalized spacial score (nSPS) is 13.6. The molecule has 0 atom stereocenters. The van der Waals surface area contributed by atoms with Gasteiger partial charge in [-0.2, -0.15) is 10.2 Å². The van der Waals surface area contributed by atoms with Gasteiger partial charge in [0.25, 0.3) is 5.89 Å². The summed E-state index contributed by atoms with van der Waals surface area (Å²) in [6.45, 7) is 9.42. The molecule has 1 amide bonds. The van der Waals surface area contributed by atoms with Gasteiger partial charge in [-0.15, -0.1) is 0 Å². The van der Waals surface area contributed by atoms with E-state index in [0.717, 1.165) is 51.0 Å². The van der Waals surface area contributed by atoms with E-state index < -0.39 is 0 Å². The lowest BCUT2D eigenvalue weighted by Gasteiger charge is -2.19. The number of aromatic nitrogens is 2. The number of carbonyl (C=O) groups excluding carboxylic acids is 1. The highest BCUT2D eigenvalue weighted by Crippen LogP contribution is 2.29. The minimum absolute atomic E-state index is 0.0216. The number of ether oxygens (including phenoxy) is 1. The Balaban J connectivity index is 1.42. The van der Waals surface area contributed by atoms with Crippen molar-refractivity contribution in [3.05, 3.63) is 53.1 Å². The molecule has 36 heavy (non-hydrogen) atoms. The van der Waals surface area contributed by atoms with Crippen LogP contribution in [0.2, 0.25) is 0 Å². The van der Waals surface area contributed by atoms with Crippen LogP contribution in [0.3, 0.4) is 0 Å². The van der Waals surface area contributed by atoms with Crippen LogP contribution in [0.1, 0.15) is 50.3 Å². The highest BCUT2D eigenvalue weighted by atomic mass is 16.5. The summed E-state index contributed by atoms with van der Waals surface area (Å²) in [5, 5.41) is 16.7. The Labute approximate surface area is 212 Å². The smallest absolute Gasteiger partial charge is 0.258 e. The fraction of sp³-hybridized carbons (Fsp3) is 0.429. The number of hydrogen-bond acceptors (Lipinski definition) is 7. The van der Waals surface area contributed by atoms with Crippen LogP contribution in [0.4, 0.5) is 0 Å². The van der Waals surface area contributed by atoms with E-state index in [1.165, 1.54) is 11.1 Å². The predicted molar refractivity (Wildman–Crippen MR) is 137 cm³/mol. The molecule has 1 N–H and O–H groups in total. The lowest BCUT2D eigenvalue weighted by molar-refractivity contribution is -0.120. The third kappa shape index (κ3) is 6.29. The molecule has 0 radical (unpaired) electrons. The van der Waals surface area contributed by atoms with Crippen molar-refractivity contribution in [2.24, 2.45) is 0 Å². The zero-order valence-corrected chi connectivity index (χ0v) is 21.2. The summed E-state index contributed by atoms with van der Waals surface area (Å²) in [4.78, 5) is 18.5. The maximum Gasteiger partial charge on any atom is 0.258 e. The molecule has 1 aliphatic heterocycles. The van der Waals surface area contributed by atoms with Crippen molar-refractivity contribution in [1.82, 2.24) is 20.4 Å². The van der Waals surface area contributed by atoms with Gasteiger partial charge in [0.2, 0.25) is 11.7 Å². The van der Waals surface area contributed by atoms with Gasteiger partial charge >= 0.3 is 0 Å². The Bertz CT molecular complexity index is 1240. The first kappa shape index (κ1) is 25.4. The molecule has 2 aromatic carbocycles. The van der Waals surface area contributed by atoms with Gasteiger partial charge in [0.1, 0.15) is 11.8 Å². The summed E-state index contributed by atoms with van der Waals surface area (Å²) in [7, 11) is 0. The predicted octanol–water partition coefficient (Wildman–Crippen LogP) is 4.38. The van der Waals surface area contributed by atoms with E-state index in [1.54, 1.807) is 12.1 Å². The molecule has 2 heterocycles. The van der Waals surface area contributed by atoms with E-state index >= 15 is 0 Å². The molecule has 8 nitrogen and oxygen atoms in total. The number of carbonyl (C=O) groups is 1. The molecule has 1 aliphatic rings. The first-order valence-corrected chi connectivity index (χ1v) is 12.6. The average molecular weight is 488 g/mol. The van der Waals surface area contributed by atoms with Gasteiger partial charge in [-0.3, -0.25) is 4.79 Å². The fourth-order valence-electron chi connectivity index (χ4n) is 4.35. The number of amides is 1. The molecular formula is C28H33N5O3. The second-order valence-corrected chi connectivity index (χ2v) is 9.29. The van der Waals surface area contributed by atoms with Crippen molar-refractivity contribution < 1.29 is 14.1 Å². The van der Waals surface area contributed by atoms with Crippen LogP contribution >= 0.6 is 0 Å². The zero-order valence-electron chi connectivity index (χ0n) is 21.2. The van der Waals surface area contributed by atoms with E-state index in [2.05, 4.69) is 38.6 Å². The Morgan fingerprint density at radius 3 is 2.69 bits per heavy atom. The third-order valence-corrected chi connectivity index (χ3v) is 6.29. The molecule has 0 saturated heterocycles. The fourth-order valence-corrected chi connectivity index (χ4v) is 4.35. The van der Waals surface area contributed by atoms with Crippen molar-refractivity contribution in [1.29, 1.82) is 5.26 Å². The quantitative estimate of drug-likeness (QED) is 0.447. The number of hydrogen-bond donors (Lipinski definition) is 1. The molecule has 188 valence electrons. The topological polar surface area (TPSA) is 104 Å². The molecule has 3 aromatic rings. The Morgan fingerprint density at radius 2 is 1.94 bits per heavy atom. The van der Waals surface area contributed by atoms with Gasteiger partial charge in [-0.25, -0.2) is 0 Å². The van der Waals surface area contributed by atoms with Gasteiger partial charge in [-0.1, -0.05) is 24.2 Å². The molecular weight excluding hydrogens is 454 g/mol. The second-order valence-electron chi connectivity index (χ2n) is 9.29. The molecule has 8 heteroatoms. The maximum atomic E-state index is 11.4. The Kier molecular flexibility index (Phi) is 8.34. The van der Waals surface area contributed by atoms with Crippen molar-refractivity contribution in [2.75, 3.05) is 26.2 Å². The lowest BCUT2D eigenvalue weighted by Crippen LogP contribution is -2.31. The second kappa shape index (κ2) is 11.8. The lowest BCUT2D eigenvalue weighted by atomic mass is 10.00. The zero-order chi connectivity index (χ0) is 25.5. The molecule has 0 aliphatic carbocycles. The minimum Gasteiger partial charge on any atom is -0.490 e. The molecule has 0 spiro atoms. The van der Waals surface area contributed by atoms with E-state index in [4.69, 9.17) is 9.26 Å². The molecule has 0 saturated carbocycles. The summed E-state index contributed by atoms with van der Waals surface area (Å²) in [5.74, 6) is 1.55. The summed E-state index contributed by atoms with van der Waals surface area (Å²) in [5.41, 5.74) is 4.69. The number of nitriles is 1. The number of fused-ring (bicyclic) bond motifs is 1. The molecule has 0 unspecified atom stereocenters. The Hall–Kier alpha value is -3.70. The van der Waals surface area contributed by atoms with Crippen molar-refractivity contribution in [3.63, 3.8) is 0 Å². The summed E-state index contributed by atoms with van der Waals surface area (Å²) in [6, 6.07) is 13.9. The van der Waals surface area contributed by atoms with Crippen LogP contribution in [-0.2, 0) is 17.6 Å². The van der Waals surface area contributed by atoms with Crippen molar-refractivity contribution in [3.8, 4) is 34.7 Å². The summed E-state index contributed by atoms with van der Waals surface area (Å²) in [6.07, 6.45) is 3.42. The maximum absolute atomic E-state index is 11.4. The van der Waals surface area contributed by atoms with E-state index in [-0.39, 0.29) is 12.0 Å². The summed E-state index contributed by atoms with van der Waals surface area (Å²) < 4.78 is 11.2. The van der Waals surface area contributed by atoms with Crippen LogP contribution in [-0.4, -0.2) is 53.2 Å². The standard InChI is InChI=1S/C28H33N5O3/c1-4-26(34)30-12-5-13-33-14-10-20-6-7-22(16-21(20)11-15-33)27-31-28(36-32-27)23-8-9-25(35-19(2)3)24(17-23)18-29/h6-9,16-17,19H,4-5,10-15H2,1-3H3,(H,30,34). The molecule has 4 rings (SSSR count). The van der Waals surface area contributed by atoms with E-state index in [1.807, 2.05) is 32.9 Å². The highest BCUT2D eigenvalue weighted by molar-refractivity contribution is 5.75. The monoisotopic (exact) mass is 487 g/mol. The Morgan fingerprint density at radius 1 is 1.17 bits per heavy atom. The third-order valence-electron chi connectivity index (χ3n) is 6.29. The minimum atomic E-state index is -0.0216. The van der Waals surface area contributed by atoms with Crippen LogP contribution < -0.4 is 10.1 Å². The van der Waals surface area contributed by atoms with Gasteiger partial charge in [0.15, 0.2) is 0 Å². The van der Waals surface area contributed by atoms with Crippen molar-refractivity contribution >= 4 is 5.91 Å². The average Bonchev–Trinajstić information content (AvgIpc) is 3.29. The number of nitrogens with one attached hydrogen (secondary N) is 1. The van der Waals surface area contributed by atoms with Crippen LogP contribution in [0, 0.1) is 11.3 Å². The largest absolute Gasteiger partial charge is 0.490 e. The number of nitrogens with zero attached hydrogens (tertiary/aromatic N) is 4. The first-order valence-electron chi connectivity index (χ1n) is 12.6. The van der Waals surface area contributed by atoms with Crippen LogP contribution in [0.5, 0.6) is 5.75 Å². The summed E-state index contributed by atoms with van der Waals surface area (Å²) >= 11 is 0. The first-order chi connectivity index (χ1) is 17.5. The highest BCUT2D eigenvalue weighted by Gasteiger charge is 2.18. The number of benzene rings is 2. The van der Waals surface area contributed by atoms with Crippen LogP contribution in [0.25, 0.3) is 22.8 Å². The van der Waals surface area contributed by atoms with E-state index in [9.17, 15) is 10.1 Å². The van der Waals surface area contributed by atoms with Gasteiger partial charge in [-0.05, 0) is 75.0 Å². The SMILES string of the molecule is CCC(=O)NCCCN1CCc2ccc(-c3noc(-c4ccc(OC(C)C)c(C#N)c4)n3)cc2CC1. The molecule has 0 bridgehead atoms. The molecule has 0 fully saturated rings. The van der Waals surface area contributed by atoms with Gasteiger partial charge in [0, 0.05) is 37.2 Å². The molecule has 1 aromatic heterocycles. The van der Waals surface area contributed by atoms with Crippen LogP contribution in [0.15, 0.2) is 40.9 Å². The van der Waals surface area contributed by atoms with Gasteiger partial charge in [0.05, 0.1) is 11.7 Å². The van der Waals surface area contributed by atoms with Gasteiger partial charge < -0.3 is 19.5 Å².